The minimum Gasteiger partial charge on any atom is -0.307 e. The number of rotatable bonds is 3. The predicted molar refractivity (Wildman–Crippen MR) is 74.8 cm³/mol. The second-order valence-corrected chi connectivity index (χ2v) is 6.10. The van der Waals surface area contributed by atoms with E-state index in [0.717, 1.165) is 24.9 Å². The Balaban J connectivity index is 2.42. The molecule has 0 spiro atoms. The molecule has 1 nitrogen and oxygen atoms in total. The first-order valence-corrected chi connectivity index (χ1v) is 7.00. The van der Waals surface area contributed by atoms with E-state index in [4.69, 9.17) is 23.2 Å². The lowest BCUT2D eigenvalue weighted by Gasteiger charge is -2.33. The van der Waals surface area contributed by atoms with Crippen LogP contribution in [0.1, 0.15) is 38.7 Å². The van der Waals surface area contributed by atoms with Gasteiger partial charge in [0.2, 0.25) is 0 Å². The van der Waals surface area contributed by atoms with Crippen molar-refractivity contribution in [2.24, 2.45) is 5.92 Å². The minimum atomic E-state index is 0.0240. The number of halogens is 2. The van der Waals surface area contributed by atoms with Crippen LogP contribution in [0.4, 0.5) is 0 Å². The Labute approximate surface area is 114 Å². The molecule has 1 fully saturated rings. The molecule has 1 heterocycles. The first-order valence-electron chi connectivity index (χ1n) is 6.25. The van der Waals surface area contributed by atoms with E-state index >= 15 is 0 Å². The number of benzene rings is 1. The van der Waals surface area contributed by atoms with Gasteiger partial charge in [0.25, 0.3) is 0 Å². The van der Waals surface area contributed by atoms with Gasteiger partial charge in [0.1, 0.15) is 0 Å². The van der Waals surface area contributed by atoms with Crippen molar-refractivity contribution >= 4 is 23.2 Å². The maximum absolute atomic E-state index is 6.37. The fourth-order valence-electron chi connectivity index (χ4n) is 2.89. The van der Waals surface area contributed by atoms with Crippen molar-refractivity contribution in [2.45, 2.75) is 38.6 Å². The van der Waals surface area contributed by atoms with Gasteiger partial charge in [0, 0.05) is 5.54 Å². The lowest BCUT2D eigenvalue weighted by Crippen LogP contribution is -2.38. The molecule has 17 heavy (non-hydrogen) atoms. The Bertz CT molecular complexity index is 395. The average Bonchev–Trinajstić information content (AvgIpc) is 2.70. The second-order valence-electron chi connectivity index (χ2n) is 5.31. The highest BCUT2D eigenvalue weighted by Crippen LogP contribution is 2.42. The van der Waals surface area contributed by atoms with Crippen LogP contribution in [0.15, 0.2) is 18.2 Å². The molecule has 0 amide bonds. The lowest BCUT2D eigenvalue weighted by atomic mass is 9.81. The Kier molecular flexibility index (Phi) is 4.02. The van der Waals surface area contributed by atoms with Gasteiger partial charge in [-0.2, -0.15) is 0 Å². The van der Waals surface area contributed by atoms with Gasteiger partial charge in [-0.3, -0.25) is 0 Å². The summed E-state index contributed by atoms with van der Waals surface area (Å²) in [6.45, 7) is 5.57. The van der Waals surface area contributed by atoms with Crippen LogP contribution in [0.3, 0.4) is 0 Å². The van der Waals surface area contributed by atoms with Gasteiger partial charge in [-0.15, -0.1) is 0 Å². The number of nitrogens with one attached hydrogen (secondary N) is 1. The first kappa shape index (κ1) is 13.2. The fourth-order valence-corrected chi connectivity index (χ4v) is 3.37. The van der Waals surface area contributed by atoms with Gasteiger partial charge in [-0.1, -0.05) is 49.2 Å². The molecule has 0 aliphatic carbocycles. The topological polar surface area (TPSA) is 12.0 Å². The van der Waals surface area contributed by atoms with E-state index in [1.165, 1.54) is 6.42 Å². The molecule has 1 aromatic rings. The summed E-state index contributed by atoms with van der Waals surface area (Å²) in [5.74, 6) is 0.635. The normalized spacial score (nSPS) is 24.5. The third-order valence-corrected chi connectivity index (χ3v) is 4.29. The van der Waals surface area contributed by atoms with Crippen LogP contribution in [0, 0.1) is 5.92 Å². The second kappa shape index (κ2) is 5.17. The molecule has 1 aliphatic heterocycles. The minimum absolute atomic E-state index is 0.0240. The zero-order valence-electron chi connectivity index (χ0n) is 10.4. The Hall–Kier alpha value is -0.240. The standard InChI is InChI=1S/C14H19Cl2N/c1-10(2)9-14(7-4-8-17-14)11-5-3-6-12(15)13(11)16/h3,5-6,10,17H,4,7-9H2,1-2H3. The molecule has 1 aromatic carbocycles. The molecule has 0 bridgehead atoms. The SMILES string of the molecule is CC(C)CC1(c2cccc(Cl)c2Cl)CCCN1. The summed E-state index contributed by atoms with van der Waals surface area (Å²) in [6.07, 6.45) is 3.45. The maximum atomic E-state index is 6.37. The highest BCUT2D eigenvalue weighted by Gasteiger charge is 2.37. The summed E-state index contributed by atoms with van der Waals surface area (Å²) in [7, 11) is 0. The summed E-state index contributed by atoms with van der Waals surface area (Å²) in [5, 5.41) is 5.01. The molecule has 0 aromatic heterocycles. The van der Waals surface area contributed by atoms with Gasteiger partial charge < -0.3 is 5.32 Å². The van der Waals surface area contributed by atoms with E-state index in [9.17, 15) is 0 Å². The maximum Gasteiger partial charge on any atom is 0.0642 e. The molecule has 94 valence electrons. The smallest absolute Gasteiger partial charge is 0.0642 e. The van der Waals surface area contributed by atoms with Gasteiger partial charge in [0.15, 0.2) is 0 Å². The van der Waals surface area contributed by atoms with Crippen molar-refractivity contribution in [3.8, 4) is 0 Å². The van der Waals surface area contributed by atoms with Crippen molar-refractivity contribution in [3.05, 3.63) is 33.8 Å². The molecule has 1 aliphatic rings. The van der Waals surface area contributed by atoms with Crippen molar-refractivity contribution in [1.82, 2.24) is 5.32 Å². The van der Waals surface area contributed by atoms with Gasteiger partial charge in [0.05, 0.1) is 10.0 Å². The Morgan fingerprint density at radius 1 is 1.35 bits per heavy atom. The molecule has 0 radical (unpaired) electrons. The largest absolute Gasteiger partial charge is 0.307 e. The zero-order chi connectivity index (χ0) is 12.5. The van der Waals surface area contributed by atoms with Crippen molar-refractivity contribution in [3.63, 3.8) is 0 Å². The molecule has 2 rings (SSSR count). The Morgan fingerprint density at radius 3 is 2.71 bits per heavy atom. The highest BCUT2D eigenvalue weighted by molar-refractivity contribution is 6.42. The van der Waals surface area contributed by atoms with E-state index in [2.05, 4.69) is 25.2 Å². The van der Waals surface area contributed by atoms with Crippen molar-refractivity contribution < 1.29 is 0 Å². The van der Waals surface area contributed by atoms with Gasteiger partial charge in [-0.25, -0.2) is 0 Å². The van der Waals surface area contributed by atoms with E-state index in [-0.39, 0.29) is 5.54 Å². The quantitative estimate of drug-likeness (QED) is 0.846. The lowest BCUT2D eigenvalue weighted by molar-refractivity contribution is 0.311. The molecule has 3 heteroatoms. The summed E-state index contributed by atoms with van der Waals surface area (Å²) in [5.41, 5.74) is 1.19. The van der Waals surface area contributed by atoms with E-state index in [0.29, 0.717) is 16.0 Å². The number of hydrogen-bond donors (Lipinski definition) is 1. The van der Waals surface area contributed by atoms with Crippen LogP contribution in [-0.2, 0) is 5.54 Å². The Morgan fingerprint density at radius 2 is 2.12 bits per heavy atom. The summed E-state index contributed by atoms with van der Waals surface area (Å²) in [4.78, 5) is 0. The van der Waals surface area contributed by atoms with Gasteiger partial charge in [-0.05, 0) is 43.4 Å². The third kappa shape index (κ3) is 2.62. The summed E-state index contributed by atoms with van der Waals surface area (Å²) in [6, 6.07) is 5.95. The molecule has 1 unspecified atom stereocenters. The molecular weight excluding hydrogens is 253 g/mol. The van der Waals surface area contributed by atoms with Gasteiger partial charge >= 0.3 is 0 Å². The third-order valence-electron chi connectivity index (χ3n) is 3.47. The summed E-state index contributed by atoms with van der Waals surface area (Å²) < 4.78 is 0. The van der Waals surface area contributed by atoms with Crippen LogP contribution < -0.4 is 5.32 Å². The van der Waals surface area contributed by atoms with Crippen LogP contribution in [0.5, 0.6) is 0 Å². The van der Waals surface area contributed by atoms with Crippen molar-refractivity contribution in [1.29, 1.82) is 0 Å². The van der Waals surface area contributed by atoms with Crippen LogP contribution in [-0.4, -0.2) is 6.54 Å². The summed E-state index contributed by atoms with van der Waals surface area (Å²) >= 11 is 12.5. The molecule has 1 saturated heterocycles. The monoisotopic (exact) mass is 271 g/mol. The first-order chi connectivity index (χ1) is 8.05. The predicted octanol–water partition coefficient (Wildman–Crippen LogP) is 4.62. The molecular formula is C14H19Cl2N. The van der Waals surface area contributed by atoms with E-state index < -0.39 is 0 Å². The highest BCUT2D eigenvalue weighted by atomic mass is 35.5. The molecule has 1 N–H and O–H groups in total. The van der Waals surface area contributed by atoms with Crippen LogP contribution in [0.2, 0.25) is 10.0 Å². The average molecular weight is 272 g/mol. The van der Waals surface area contributed by atoms with Crippen LogP contribution >= 0.6 is 23.2 Å². The molecule has 0 saturated carbocycles. The molecule has 1 atom stereocenters. The van der Waals surface area contributed by atoms with E-state index in [1.807, 2.05) is 12.1 Å². The van der Waals surface area contributed by atoms with Crippen LogP contribution in [0.25, 0.3) is 0 Å². The number of hydrogen-bond acceptors (Lipinski definition) is 1. The van der Waals surface area contributed by atoms with E-state index in [1.54, 1.807) is 0 Å². The fraction of sp³-hybridized carbons (Fsp3) is 0.571. The zero-order valence-corrected chi connectivity index (χ0v) is 11.9. The van der Waals surface area contributed by atoms with Crippen molar-refractivity contribution in [2.75, 3.05) is 6.54 Å².